The number of aromatic nitrogens is 2. The summed E-state index contributed by atoms with van der Waals surface area (Å²) in [5.74, 6) is 0.605. The fourth-order valence-corrected chi connectivity index (χ4v) is 3.70. The zero-order chi connectivity index (χ0) is 21.2. The molecule has 4 aromatic carbocycles. The molecule has 0 radical (unpaired) electrons. The van der Waals surface area contributed by atoms with Crippen LogP contribution in [0.25, 0.3) is 27.4 Å². The van der Waals surface area contributed by atoms with Crippen molar-refractivity contribution < 1.29 is 4.84 Å². The van der Waals surface area contributed by atoms with Crippen molar-refractivity contribution in [2.75, 3.05) is 0 Å². The molecule has 1 heterocycles. The highest BCUT2D eigenvalue weighted by atomic mass is 32.1. The van der Waals surface area contributed by atoms with Crippen LogP contribution in [0.5, 0.6) is 5.75 Å². The van der Waals surface area contributed by atoms with Gasteiger partial charge in [-0.1, -0.05) is 42.5 Å². The monoisotopic (exact) mass is 424 g/mol. The van der Waals surface area contributed by atoms with Gasteiger partial charge in [-0.15, -0.1) is 5.11 Å². The third-order valence-corrected chi connectivity index (χ3v) is 5.22. The first-order valence-corrected chi connectivity index (χ1v) is 10.0. The van der Waals surface area contributed by atoms with Gasteiger partial charge in [0.15, 0.2) is 10.5 Å². The first-order valence-electron chi connectivity index (χ1n) is 9.60. The third-order valence-electron chi connectivity index (χ3n) is 4.94. The van der Waals surface area contributed by atoms with Crippen molar-refractivity contribution in [3.63, 3.8) is 0 Å². The molecule has 0 fully saturated rings. The van der Waals surface area contributed by atoms with Gasteiger partial charge >= 0.3 is 0 Å². The second kappa shape index (κ2) is 7.97. The van der Waals surface area contributed by atoms with E-state index < -0.39 is 0 Å². The summed E-state index contributed by atoms with van der Waals surface area (Å²) in [6.45, 7) is 0. The molecule has 5 aromatic rings. The summed E-state index contributed by atoms with van der Waals surface area (Å²) in [4.78, 5) is 21.4. The Hall–Kier alpha value is -4.10. The number of rotatable bonds is 4. The summed E-state index contributed by atoms with van der Waals surface area (Å²) >= 11 is 5.38. The quantitative estimate of drug-likeness (QED) is 0.210. The van der Waals surface area contributed by atoms with Crippen LogP contribution in [0.1, 0.15) is 0 Å². The molecule has 0 aliphatic heterocycles. The maximum atomic E-state index is 12.9. The molecule has 31 heavy (non-hydrogen) atoms. The number of H-pyrrole nitrogens is 1. The van der Waals surface area contributed by atoms with E-state index >= 15 is 0 Å². The zero-order valence-corrected chi connectivity index (χ0v) is 17.0. The highest BCUT2D eigenvalue weighted by Crippen LogP contribution is 2.22. The van der Waals surface area contributed by atoms with Crippen molar-refractivity contribution in [3.05, 3.63) is 106 Å². The number of hydrogen-bond donors (Lipinski definition) is 1. The number of para-hydroxylation sites is 1. The van der Waals surface area contributed by atoms with E-state index in [0.29, 0.717) is 32.8 Å². The van der Waals surface area contributed by atoms with Gasteiger partial charge in [-0.05, 0) is 71.5 Å². The predicted molar refractivity (Wildman–Crippen MR) is 124 cm³/mol. The molecule has 5 rings (SSSR count). The number of fused-ring (bicyclic) bond motifs is 2. The van der Waals surface area contributed by atoms with Crippen molar-refractivity contribution >= 4 is 39.6 Å². The van der Waals surface area contributed by atoms with Gasteiger partial charge in [0.2, 0.25) is 0 Å². The SMILES string of the molecule is O=c1c2ccccc2[nH]c(=S)n1-c1ccc(N=NOc2ccc3ccccc3c2)cc1. The largest absolute Gasteiger partial charge is 0.339 e. The molecule has 0 spiro atoms. The van der Waals surface area contributed by atoms with Gasteiger partial charge in [0.1, 0.15) is 0 Å². The highest BCUT2D eigenvalue weighted by molar-refractivity contribution is 7.71. The molecule has 0 saturated carbocycles. The van der Waals surface area contributed by atoms with Crippen molar-refractivity contribution in [2.45, 2.75) is 0 Å². The molecule has 0 saturated heterocycles. The van der Waals surface area contributed by atoms with Gasteiger partial charge < -0.3 is 9.82 Å². The van der Waals surface area contributed by atoms with Crippen molar-refractivity contribution in [3.8, 4) is 11.4 Å². The molecule has 0 unspecified atom stereocenters. The molecule has 0 aliphatic rings. The van der Waals surface area contributed by atoms with Gasteiger partial charge in [0, 0.05) is 5.28 Å². The van der Waals surface area contributed by atoms with Gasteiger partial charge in [-0.25, -0.2) is 0 Å². The maximum absolute atomic E-state index is 12.9. The second-order valence-electron chi connectivity index (χ2n) is 6.91. The van der Waals surface area contributed by atoms with E-state index in [-0.39, 0.29) is 5.56 Å². The summed E-state index contributed by atoms with van der Waals surface area (Å²) in [6, 6.07) is 28.1. The van der Waals surface area contributed by atoms with Gasteiger partial charge in [-0.3, -0.25) is 9.36 Å². The van der Waals surface area contributed by atoms with Crippen LogP contribution in [0.3, 0.4) is 0 Å². The van der Waals surface area contributed by atoms with Crippen molar-refractivity contribution in [1.82, 2.24) is 9.55 Å². The molecule has 1 aromatic heterocycles. The maximum Gasteiger partial charge on any atom is 0.266 e. The normalized spacial score (nSPS) is 11.4. The molecular formula is C24H16N4O2S. The minimum Gasteiger partial charge on any atom is -0.339 e. The lowest BCUT2D eigenvalue weighted by Gasteiger charge is -2.08. The number of benzene rings is 4. The first kappa shape index (κ1) is 18.9. The van der Waals surface area contributed by atoms with E-state index in [1.165, 1.54) is 4.57 Å². The number of nitrogens with one attached hydrogen (secondary N) is 1. The number of nitrogens with zero attached hydrogens (tertiary/aromatic N) is 3. The Morgan fingerprint density at radius 1 is 0.839 bits per heavy atom. The average Bonchev–Trinajstić information content (AvgIpc) is 2.80. The number of hydrogen-bond acceptors (Lipinski definition) is 5. The minimum atomic E-state index is -0.173. The zero-order valence-electron chi connectivity index (χ0n) is 16.2. The molecule has 0 amide bonds. The van der Waals surface area contributed by atoms with Crippen LogP contribution in [0.15, 0.2) is 106 Å². The Balaban J connectivity index is 1.38. The summed E-state index contributed by atoms with van der Waals surface area (Å²) in [6.07, 6.45) is 0. The fourth-order valence-electron chi connectivity index (χ4n) is 3.40. The topological polar surface area (TPSA) is 71.7 Å². The van der Waals surface area contributed by atoms with Crippen LogP contribution in [-0.4, -0.2) is 9.55 Å². The van der Waals surface area contributed by atoms with Crippen LogP contribution in [0.2, 0.25) is 0 Å². The van der Waals surface area contributed by atoms with Crippen molar-refractivity contribution in [1.29, 1.82) is 0 Å². The van der Waals surface area contributed by atoms with Gasteiger partial charge in [0.05, 0.1) is 22.3 Å². The van der Waals surface area contributed by atoms with Crippen LogP contribution in [-0.2, 0) is 0 Å². The molecule has 7 heteroatoms. The van der Waals surface area contributed by atoms with Gasteiger partial charge in [0.25, 0.3) is 5.56 Å². The smallest absolute Gasteiger partial charge is 0.266 e. The average molecular weight is 424 g/mol. The molecule has 0 aliphatic carbocycles. The Morgan fingerprint density at radius 2 is 1.58 bits per heavy atom. The van der Waals surface area contributed by atoms with E-state index in [4.69, 9.17) is 17.1 Å². The molecule has 1 N–H and O–H groups in total. The van der Waals surface area contributed by atoms with Crippen molar-refractivity contribution in [2.24, 2.45) is 10.4 Å². The highest BCUT2D eigenvalue weighted by Gasteiger charge is 2.07. The third kappa shape index (κ3) is 3.74. The number of aromatic amines is 1. The van der Waals surface area contributed by atoms with Gasteiger partial charge in [-0.2, -0.15) is 0 Å². The van der Waals surface area contributed by atoms with Crippen LogP contribution >= 0.6 is 12.2 Å². The first-order chi connectivity index (χ1) is 15.2. The standard InChI is InChI=1S/C24H16N4O2S/c29-23-21-7-3-4-8-22(21)25-24(31)28(23)19-12-10-18(11-13-19)26-27-30-20-14-9-16-5-1-2-6-17(16)15-20/h1-15H,(H,25,31). The van der Waals surface area contributed by atoms with E-state index in [2.05, 4.69) is 15.4 Å². The summed E-state index contributed by atoms with van der Waals surface area (Å²) in [5.41, 5.74) is 1.78. The fraction of sp³-hybridized carbons (Fsp3) is 0. The van der Waals surface area contributed by atoms with Crippen LogP contribution in [0, 0.1) is 4.77 Å². The summed E-state index contributed by atoms with van der Waals surface area (Å²) < 4.78 is 1.79. The second-order valence-corrected chi connectivity index (χ2v) is 7.30. The Morgan fingerprint density at radius 3 is 2.42 bits per heavy atom. The summed E-state index contributed by atoms with van der Waals surface area (Å²) in [7, 11) is 0. The molecule has 6 nitrogen and oxygen atoms in total. The lowest BCUT2D eigenvalue weighted by molar-refractivity contribution is 0.313. The lowest BCUT2D eigenvalue weighted by atomic mass is 10.1. The Kier molecular flexibility index (Phi) is 4.86. The summed E-state index contributed by atoms with van der Waals surface area (Å²) in [5, 5.41) is 10.7. The van der Waals surface area contributed by atoms with E-state index in [1.54, 1.807) is 30.3 Å². The lowest BCUT2D eigenvalue weighted by Crippen LogP contribution is -2.20. The van der Waals surface area contributed by atoms with E-state index in [9.17, 15) is 4.79 Å². The van der Waals surface area contributed by atoms with E-state index in [1.807, 2.05) is 60.7 Å². The van der Waals surface area contributed by atoms with Crippen LogP contribution < -0.4 is 10.4 Å². The Bertz CT molecular complexity index is 1550. The van der Waals surface area contributed by atoms with Crippen LogP contribution in [0.4, 0.5) is 5.69 Å². The predicted octanol–water partition coefficient (Wildman–Crippen LogP) is 6.28. The molecule has 150 valence electrons. The molecular weight excluding hydrogens is 408 g/mol. The molecule has 0 bridgehead atoms. The minimum absolute atomic E-state index is 0.173. The molecule has 0 atom stereocenters. The van der Waals surface area contributed by atoms with E-state index in [0.717, 1.165) is 10.8 Å². The Labute approximate surface area is 182 Å².